The highest BCUT2D eigenvalue weighted by molar-refractivity contribution is 5.76. The van der Waals surface area contributed by atoms with Crippen LogP contribution in [0.4, 0.5) is 0 Å². The number of aromatic hydroxyl groups is 1. The summed E-state index contributed by atoms with van der Waals surface area (Å²) >= 11 is 0. The first kappa shape index (κ1) is 16.5. The molecule has 0 radical (unpaired) electrons. The molecule has 0 spiro atoms. The van der Waals surface area contributed by atoms with Gasteiger partial charge in [0.2, 0.25) is 5.91 Å². The Bertz CT molecular complexity index is 432. The van der Waals surface area contributed by atoms with Crippen molar-refractivity contribution in [2.24, 2.45) is 17.6 Å². The van der Waals surface area contributed by atoms with E-state index in [9.17, 15) is 9.90 Å². The molecule has 0 unspecified atom stereocenters. The summed E-state index contributed by atoms with van der Waals surface area (Å²) < 4.78 is 0. The first-order valence-electron chi connectivity index (χ1n) is 7.14. The smallest absolute Gasteiger partial charge is 0.222 e. The molecule has 3 N–H and O–H groups in total. The second-order valence-electron chi connectivity index (χ2n) is 5.86. The van der Waals surface area contributed by atoms with Gasteiger partial charge < -0.3 is 15.7 Å². The molecule has 4 nitrogen and oxygen atoms in total. The van der Waals surface area contributed by atoms with Gasteiger partial charge in [-0.05, 0) is 42.5 Å². The van der Waals surface area contributed by atoms with E-state index in [-0.39, 0.29) is 17.6 Å². The maximum absolute atomic E-state index is 12.2. The summed E-state index contributed by atoms with van der Waals surface area (Å²) in [5, 5.41) is 9.43. The standard InChI is InChI=1S/C16H26N2O2/c1-12(2)7-14(10-17)9-16(20)18(3)11-13-5-4-6-15(19)8-13/h4-6,8,12,14,19H,7,9-11,17H2,1-3H3/t14-/m0/s1. The van der Waals surface area contributed by atoms with Crippen molar-refractivity contribution in [1.29, 1.82) is 0 Å². The van der Waals surface area contributed by atoms with Gasteiger partial charge in [-0.1, -0.05) is 26.0 Å². The topological polar surface area (TPSA) is 66.6 Å². The second kappa shape index (κ2) is 7.90. The van der Waals surface area contributed by atoms with Crippen LogP contribution in [0, 0.1) is 11.8 Å². The number of amides is 1. The number of phenols is 1. The Labute approximate surface area is 121 Å². The zero-order valence-electron chi connectivity index (χ0n) is 12.7. The highest BCUT2D eigenvalue weighted by Crippen LogP contribution is 2.17. The zero-order chi connectivity index (χ0) is 15.1. The Kier molecular flexibility index (Phi) is 6.52. The van der Waals surface area contributed by atoms with Crippen molar-refractivity contribution >= 4 is 5.91 Å². The fourth-order valence-electron chi connectivity index (χ4n) is 2.35. The molecule has 0 aromatic heterocycles. The van der Waals surface area contributed by atoms with E-state index in [1.54, 1.807) is 30.1 Å². The summed E-state index contributed by atoms with van der Waals surface area (Å²) in [6.07, 6.45) is 1.46. The monoisotopic (exact) mass is 278 g/mol. The second-order valence-corrected chi connectivity index (χ2v) is 5.86. The number of nitrogens with zero attached hydrogens (tertiary/aromatic N) is 1. The van der Waals surface area contributed by atoms with Crippen molar-refractivity contribution < 1.29 is 9.90 Å². The Balaban J connectivity index is 2.54. The van der Waals surface area contributed by atoms with Gasteiger partial charge in [-0.15, -0.1) is 0 Å². The third-order valence-electron chi connectivity index (χ3n) is 3.36. The van der Waals surface area contributed by atoms with Crippen LogP contribution >= 0.6 is 0 Å². The highest BCUT2D eigenvalue weighted by atomic mass is 16.3. The van der Waals surface area contributed by atoms with Crippen LogP contribution in [0.5, 0.6) is 5.75 Å². The fraction of sp³-hybridized carbons (Fsp3) is 0.562. The number of rotatable bonds is 7. The van der Waals surface area contributed by atoms with E-state index in [1.807, 2.05) is 6.07 Å². The summed E-state index contributed by atoms with van der Waals surface area (Å²) in [4.78, 5) is 13.9. The predicted molar refractivity (Wildman–Crippen MR) is 81.2 cm³/mol. The van der Waals surface area contributed by atoms with Gasteiger partial charge in [0.05, 0.1) is 0 Å². The van der Waals surface area contributed by atoms with Crippen LogP contribution in [0.1, 0.15) is 32.3 Å². The Morgan fingerprint density at radius 2 is 2.10 bits per heavy atom. The average molecular weight is 278 g/mol. The molecule has 0 saturated heterocycles. The van der Waals surface area contributed by atoms with Gasteiger partial charge in [-0.25, -0.2) is 0 Å². The molecule has 112 valence electrons. The van der Waals surface area contributed by atoms with Gasteiger partial charge in [0.15, 0.2) is 0 Å². The SMILES string of the molecule is CC(C)C[C@H](CN)CC(=O)N(C)Cc1cccc(O)c1. The summed E-state index contributed by atoms with van der Waals surface area (Å²) in [5.74, 6) is 1.12. The molecule has 0 heterocycles. The molecule has 20 heavy (non-hydrogen) atoms. The quantitative estimate of drug-likeness (QED) is 0.804. The van der Waals surface area contributed by atoms with Gasteiger partial charge in [0.25, 0.3) is 0 Å². The van der Waals surface area contributed by atoms with Crippen LogP contribution in [0.15, 0.2) is 24.3 Å². The van der Waals surface area contributed by atoms with E-state index in [1.165, 1.54) is 0 Å². The molecular formula is C16H26N2O2. The minimum absolute atomic E-state index is 0.101. The molecule has 1 aromatic carbocycles. The molecular weight excluding hydrogens is 252 g/mol. The van der Waals surface area contributed by atoms with Crippen LogP contribution < -0.4 is 5.73 Å². The molecule has 0 aliphatic heterocycles. The molecule has 4 heteroatoms. The van der Waals surface area contributed by atoms with Crippen molar-refractivity contribution in [3.63, 3.8) is 0 Å². The molecule has 1 atom stereocenters. The van der Waals surface area contributed by atoms with Gasteiger partial charge in [0.1, 0.15) is 5.75 Å². The van der Waals surface area contributed by atoms with E-state index in [2.05, 4.69) is 13.8 Å². The fourth-order valence-corrected chi connectivity index (χ4v) is 2.35. The molecule has 0 fully saturated rings. The first-order chi connectivity index (χ1) is 9.42. The van der Waals surface area contributed by atoms with E-state index < -0.39 is 0 Å². The lowest BCUT2D eigenvalue weighted by molar-refractivity contribution is -0.131. The number of hydrogen-bond donors (Lipinski definition) is 2. The van der Waals surface area contributed by atoms with Crippen molar-refractivity contribution in [2.45, 2.75) is 33.2 Å². The molecule has 1 aromatic rings. The van der Waals surface area contributed by atoms with Gasteiger partial charge >= 0.3 is 0 Å². The van der Waals surface area contributed by atoms with E-state index in [4.69, 9.17) is 5.73 Å². The molecule has 0 aliphatic carbocycles. The third kappa shape index (κ3) is 5.61. The van der Waals surface area contributed by atoms with Gasteiger partial charge in [-0.3, -0.25) is 4.79 Å². The van der Waals surface area contributed by atoms with Crippen molar-refractivity contribution in [2.75, 3.05) is 13.6 Å². The lowest BCUT2D eigenvalue weighted by atomic mass is 9.94. The zero-order valence-corrected chi connectivity index (χ0v) is 12.7. The van der Waals surface area contributed by atoms with Gasteiger partial charge in [-0.2, -0.15) is 0 Å². The predicted octanol–water partition coefficient (Wildman–Crippen LogP) is 2.36. The minimum Gasteiger partial charge on any atom is -0.508 e. The maximum Gasteiger partial charge on any atom is 0.222 e. The minimum atomic E-state index is 0.101. The summed E-state index contributed by atoms with van der Waals surface area (Å²) in [6, 6.07) is 6.99. The van der Waals surface area contributed by atoms with Crippen LogP contribution in [-0.2, 0) is 11.3 Å². The van der Waals surface area contributed by atoms with Crippen molar-refractivity contribution in [1.82, 2.24) is 4.90 Å². The molecule has 0 aliphatic rings. The number of hydrogen-bond acceptors (Lipinski definition) is 3. The summed E-state index contributed by atoms with van der Waals surface area (Å²) in [5.41, 5.74) is 6.66. The van der Waals surface area contributed by atoms with E-state index in [0.29, 0.717) is 25.4 Å². The summed E-state index contributed by atoms with van der Waals surface area (Å²) in [7, 11) is 1.79. The number of carbonyl (C=O) groups excluding carboxylic acids is 1. The first-order valence-corrected chi connectivity index (χ1v) is 7.14. The largest absolute Gasteiger partial charge is 0.508 e. The highest BCUT2D eigenvalue weighted by Gasteiger charge is 2.17. The number of phenolic OH excluding ortho intramolecular Hbond substituents is 1. The molecule has 0 saturated carbocycles. The average Bonchev–Trinajstić information content (AvgIpc) is 2.37. The number of benzene rings is 1. The van der Waals surface area contributed by atoms with Crippen LogP contribution in [0.2, 0.25) is 0 Å². The number of nitrogens with two attached hydrogens (primary N) is 1. The Morgan fingerprint density at radius 3 is 2.65 bits per heavy atom. The van der Waals surface area contributed by atoms with Gasteiger partial charge in [0, 0.05) is 20.0 Å². The van der Waals surface area contributed by atoms with Crippen LogP contribution in [0.25, 0.3) is 0 Å². The Hall–Kier alpha value is -1.55. The van der Waals surface area contributed by atoms with Crippen LogP contribution in [0.3, 0.4) is 0 Å². The lowest BCUT2D eigenvalue weighted by Crippen LogP contribution is -2.30. The maximum atomic E-state index is 12.2. The normalized spacial score (nSPS) is 12.4. The van der Waals surface area contributed by atoms with Crippen LogP contribution in [-0.4, -0.2) is 29.5 Å². The van der Waals surface area contributed by atoms with Crippen molar-refractivity contribution in [3.8, 4) is 5.75 Å². The third-order valence-corrected chi connectivity index (χ3v) is 3.36. The molecule has 1 rings (SSSR count). The van der Waals surface area contributed by atoms with E-state index in [0.717, 1.165) is 12.0 Å². The molecule has 1 amide bonds. The van der Waals surface area contributed by atoms with Crippen molar-refractivity contribution in [3.05, 3.63) is 29.8 Å². The molecule has 0 bridgehead atoms. The lowest BCUT2D eigenvalue weighted by Gasteiger charge is -2.22. The number of carbonyl (C=O) groups is 1. The summed E-state index contributed by atoms with van der Waals surface area (Å²) in [6.45, 7) is 5.34. The Morgan fingerprint density at radius 1 is 1.40 bits per heavy atom. The van der Waals surface area contributed by atoms with E-state index >= 15 is 0 Å².